The summed E-state index contributed by atoms with van der Waals surface area (Å²) in [6, 6.07) is -0.884. The van der Waals surface area contributed by atoms with Crippen LogP contribution < -0.4 is 5.32 Å². The van der Waals surface area contributed by atoms with E-state index in [9.17, 15) is 27.6 Å². The summed E-state index contributed by atoms with van der Waals surface area (Å²) in [7, 11) is 5.27. The zero-order valence-corrected chi connectivity index (χ0v) is 14.1. The summed E-state index contributed by atoms with van der Waals surface area (Å²) in [5, 5.41) is 2.48. The predicted octanol–water partition coefficient (Wildman–Crippen LogP) is 0.810. The molecule has 0 aliphatic carbocycles. The van der Waals surface area contributed by atoms with Gasteiger partial charge in [0, 0.05) is 0 Å². The molecule has 1 atom stereocenters. The number of aromatic nitrogens is 1. The van der Waals surface area contributed by atoms with Crippen molar-refractivity contribution in [2.24, 2.45) is 0 Å². The minimum atomic E-state index is -5.27. The zero-order chi connectivity index (χ0) is 19.4. The number of nitrogens with zero attached hydrogens (tertiary/aromatic N) is 2. The molecule has 11 heteroatoms. The second-order valence-corrected chi connectivity index (χ2v) is 6.37. The second kappa shape index (κ2) is 7.64. The molecule has 25 heavy (non-hydrogen) atoms. The van der Waals surface area contributed by atoms with E-state index in [0.29, 0.717) is 10.2 Å². The van der Waals surface area contributed by atoms with Gasteiger partial charge in [-0.25, -0.2) is 9.78 Å². The number of carbonyl (C=O) groups is 3. The van der Waals surface area contributed by atoms with Gasteiger partial charge in [-0.2, -0.15) is 13.2 Å². The number of carbonyl (C=O) groups excluding carboxylic acids is 3. The molecule has 1 aromatic rings. The van der Waals surface area contributed by atoms with Gasteiger partial charge in [-0.15, -0.1) is 0 Å². The lowest BCUT2D eigenvalue weighted by Gasteiger charge is -2.29. The molecule has 0 unspecified atom stereocenters. The van der Waals surface area contributed by atoms with Crippen molar-refractivity contribution in [1.82, 2.24) is 10.3 Å². The van der Waals surface area contributed by atoms with Crippen molar-refractivity contribution in [3.63, 3.8) is 0 Å². The second-order valence-electron chi connectivity index (χ2n) is 6.37. The van der Waals surface area contributed by atoms with Crippen LogP contribution in [-0.4, -0.2) is 67.2 Å². The van der Waals surface area contributed by atoms with E-state index < -0.39 is 36.5 Å². The molecule has 0 radical (unpaired) electrons. The third-order valence-electron chi connectivity index (χ3n) is 2.91. The summed E-state index contributed by atoms with van der Waals surface area (Å²) in [5.41, 5.74) is 0.316. The van der Waals surface area contributed by atoms with Crippen molar-refractivity contribution >= 4 is 17.8 Å². The van der Waals surface area contributed by atoms with Gasteiger partial charge >= 0.3 is 18.1 Å². The molecule has 1 heterocycles. The first-order valence-corrected chi connectivity index (χ1v) is 7.13. The van der Waals surface area contributed by atoms with Crippen LogP contribution in [0.1, 0.15) is 22.7 Å². The molecular weight excluding hydrogens is 347 g/mol. The van der Waals surface area contributed by atoms with E-state index in [4.69, 9.17) is 4.42 Å². The zero-order valence-electron chi connectivity index (χ0n) is 14.1. The van der Waals surface area contributed by atoms with E-state index in [1.165, 1.54) is 6.92 Å². The summed E-state index contributed by atoms with van der Waals surface area (Å²) in [6.45, 7) is 1.72. The molecule has 1 rings (SSSR count). The lowest BCUT2D eigenvalue weighted by atomic mass is 10.1. The molecule has 1 aromatic heterocycles. The van der Waals surface area contributed by atoms with E-state index in [1.807, 2.05) is 0 Å². The number of alkyl halides is 3. The van der Waals surface area contributed by atoms with Gasteiger partial charge in [-0.3, -0.25) is 9.59 Å². The predicted molar refractivity (Wildman–Crippen MR) is 77.2 cm³/mol. The Morgan fingerprint density at radius 2 is 1.92 bits per heavy atom. The van der Waals surface area contributed by atoms with Crippen LogP contribution in [-0.2, 0) is 14.3 Å². The van der Waals surface area contributed by atoms with E-state index >= 15 is 0 Å². The molecule has 0 saturated carbocycles. The van der Waals surface area contributed by atoms with Crippen molar-refractivity contribution in [2.45, 2.75) is 25.6 Å². The Morgan fingerprint density at radius 3 is 2.36 bits per heavy atom. The Balaban J connectivity index is 2.80. The third-order valence-corrected chi connectivity index (χ3v) is 2.91. The Hall–Kier alpha value is -2.43. The topological polar surface area (TPSA) is 98.5 Å². The van der Waals surface area contributed by atoms with Crippen LogP contribution in [0.3, 0.4) is 0 Å². The van der Waals surface area contributed by atoms with Crippen LogP contribution in [0.15, 0.2) is 10.8 Å². The number of amides is 1. The fourth-order valence-electron chi connectivity index (χ4n) is 2.00. The van der Waals surface area contributed by atoms with Crippen molar-refractivity contribution < 1.29 is 41.2 Å². The number of nitrogens with one attached hydrogen (secondary N) is 1. The van der Waals surface area contributed by atoms with Crippen LogP contribution in [0.25, 0.3) is 0 Å². The highest BCUT2D eigenvalue weighted by Gasteiger charge is 2.42. The number of hydrogen-bond donors (Lipinski definition) is 1. The van der Waals surface area contributed by atoms with Crippen LogP contribution in [0.2, 0.25) is 0 Å². The Labute approximate surface area is 141 Å². The molecule has 0 spiro atoms. The molecule has 0 aliphatic heterocycles. The number of ether oxygens (including phenoxy) is 1. The first-order chi connectivity index (χ1) is 11.3. The van der Waals surface area contributed by atoms with Crippen molar-refractivity contribution in [3.05, 3.63) is 17.8 Å². The molecule has 0 bridgehead atoms. The van der Waals surface area contributed by atoms with Crippen molar-refractivity contribution in [3.8, 4) is 0 Å². The monoisotopic (exact) mass is 366 g/mol. The Kier molecular flexibility index (Phi) is 6.30. The minimum absolute atomic E-state index is 0.0776. The number of oxazole rings is 1. The smallest absolute Gasteiger partial charge is 0.438 e. The van der Waals surface area contributed by atoms with E-state index in [0.717, 1.165) is 6.39 Å². The number of likely N-dealkylation sites (N-methyl/N-ethyl adjacent to an activating group) is 1. The molecule has 0 fully saturated rings. The molecule has 0 aromatic carbocycles. The van der Waals surface area contributed by atoms with Gasteiger partial charge in [-0.05, 0) is 6.92 Å². The van der Waals surface area contributed by atoms with Gasteiger partial charge in [0.1, 0.15) is 0 Å². The summed E-state index contributed by atoms with van der Waals surface area (Å²) in [6.07, 6.45) is -4.82. The maximum atomic E-state index is 12.1. The average molecular weight is 366 g/mol. The summed E-state index contributed by atoms with van der Waals surface area (Å²) in [5.74, 6) is -4.75. The van der Waals surface area contributed by atoms with Gasteiger partial charge in [0.15, 0.2) is 6.39 Å². The first kappa shape index (κ1) is 20.6. The minimum Gasteiger partial charge on any atom is -0.438 e. The maximum Gasteiger partial charge on any atom is 0.491 e. The Morgan fingerprint density at radius 1 is 1.32 bits per heavy atom. The SMILES string of the molecule is Cc1ncoc1C(=O)N[C@H](CC(=O)OC(=O)C(F)(F)F)C[N+](C)(C)C. The Bertz CT molecular complexity index is 649. The van der Waals surface area contributed by atoms with Crippen LogP contribution >= 0.6 is 0 Å². The highest BCUT2D eigenvalue weighted by atomic mass is 19.4. The maximum absolute atomic E-state index is 12.1. The number of hydrogen-bond acceptors (Lipinski definition) is 6. The van der Waals surface area contributed by atoms with E-state index in [-0.39, 0.29) is 12.3 Å². The van der Waals surface area contributed by atoms with Crippen LogP contribution in [0.4, 0.5) is 13.2 Å². The van der Waals surface area contributed by atoms with Crippen molar-refractivity contribution in [2.75, 3.05) is 27.7 Å². The number of halogens is 3. The number of aryl methyl sites for hydroxylation is 1. The fraction of sp³-hybridized carbons (Fsp3) is 0.571. The van der Waals surface area contributed by atoms with Gasteiger partial charge in [0.25, 0.3) is 5.91 Å². The molecule has 8 nitrogen and oxygen atoms in total. The average Bonchev–Trinajstić information content (AvgIpc) is 2.81. The van der Waals surface area contributed by atoms with Gasteiger partial charge < -0.3 is 19.0 Å². The van der Waals surface area contributed by atoms with Crippen LogP contribution in [0, 0.1) is 6.92 Å². The fourth-order valence-corrected chi connectivity index (χ4v) is 2.00. The van der Waals surface area contributed by atoms with E-state index in [2.05, 4.69) is 15.0 Å². The number of rotatable bonds is 6. The van der Waals surface area contributed by atoms with Gasteiger partial charge in [0.05, 0.1) is 45.8 Å². The largest absolute Gasteiger partial charge is 0.491 e. The van der Waals surface area contributed by atoms with Gasteiger partial charge in [-0.1, -0.05) is 0 Å². The van der Waals surface area contributed by atoms with Gasteiger partial charge in [0.2, 0.25) is 5.76 Å². The highest BCUT2D eigenvalue weighted by Crippen LogP contribution is 2.17. The lowest BCUT2D eigenvalue weighted by molar-refractivity contribution is -0.871. The third kappa shape index (κ3) is 6.91. The molecule has 1 N–H and O–H groups in total. The summed E-state index contributed by atoms with van der Waals surface area (Å²) >= 11 is 0. The standard InChI is InChI=1S/C14H18F3N3O5/c1-8-11(24-7-18-8)12(22)19-9(6-20(2,3)4)5-10(21)25-13(23)14(15,16)17/h7,9H,5-6H2,1-4H3/p+1/t9-/m1/s1. The summed E-state index contributed by atoms with van der Waals surface area (Å²) in [4.78, 5) is 38.2. The lowest BCUT2D eigenvalue weighted by Crippen LogP contribution is -2.50. The van der Waals surface area contributed by atoms with Crippen LogP contribution in [0.5, 0.6) is 0 Å². The molecule has 0 aliphatic rings. The first-order valence-electron chi connectivity index (χ1n) is 7.13. The number of esters is 2. The molecule has 140 valence electrons. The summed E-state index contributed by atoms with van der Waals surface area (Å²) < 4.78 is 45.4. The molecule has 1 amide bonds. The van der Waals surface area contributed by atoms with E-state index in [1.54, 1.807) is 21.1 Å². The quantitative estimate of drug-likeness (QED) is 0.455. The highest BCUT2D eigenvalue weighted by molar-refractivity contribution is 5.93. The molecular formula is C14H19F3N3O5+. The van der Waals surface area contributed by atoms with Crippen molar-refractivity contribution in [1.29, 1.82) is 0 Å². The number of quaternary nitrogens is 1. The normalized spacial score (nSPS) is 13.2. The molecule has 0 saturated heterocycles.